The quantitative estimate of drug-likeness (QED) is 0.647. The predicted octanol–water partition coefficient (Wildman–Crippen LogP) is 2.32. The van der Waals surface area contributed by atoms with E-state index in [2.05, 4.69) is 5.32 Å². The molecule has 0 spiro atoms. The molecule has 0 aliphatic rings. The van der Waals surface area contributed by atoms with Gasteiger partial charge in [0.25, 0.3) is 0 Å². The Hall–Kier alpha value is -0.420. The lowest BCUT2D eigenvalue weighted by molar-refractivity contribution is -0.121. The molecule has 3 N–H and O–H groups in total. The van der Waals surface area contributed by atoms with Gasteiger partial charge >= 0.3 is 0 Å². The number of hydrogen-bond donors (Lipinski definition) is 2. The highest BCUT2D eigenvalue weighted by molar-refractivity contribution is 7.99. The molecule has 1 unspecified atom stereocenters. The summed E-state index contributed by atoms with van der Waals surface area (Å²) in [5.41, 5.74) is 5.41. The molecule has 0 aromatic heterocycles. The summed E-state index contributed by atoms with van der Waals surface area (Å²) in [6.45, 7) is 2.29. The van der Waals surface area contributed by atoms with E-state index in [0.29, 0.717) is 6.54 Å². The summed E-state index contributed by atoms with van der Waals surface area (Å²) < 4.78 is 0. The van der Waals surface area contributed by atoms with Crippen molar-refractivity contribution in [3.8, 4) is 0 Å². The van der Waals surface area contributed by atoms with Gasteiger partial charge in [0, 0.05) is 22.2 Å². The number of hydrogen-bond acceptors (Lipinski definition) is 3. The first-order valence-corrected chi connectivity index (χ1v) is 6.37. The molecule has 0 saturated heterocycles. The third-order valence-electron chi connectivity index (χ3n) is 1.90. The van der Waals surface area contributed by atoms with E-state index in [1.165, 1.54) is 0 Å². The number of halogens is 2. The number of nitrogens with one attached hydrogen (secondary N) is 1. The Labute approximate surface area is 117 Å². The Morgan fingerprint density at radius 1 is 1.47 bits per heavy atom. The van der Waals surface area contributed by atoms with Gasteiger partial charge in [-0.2, -0.15) is 0 Å². The van der Waals surface area contributed by atoms with Crippen LogP contribution in [0.15, 0.2) is 29.2 Å². The highest BCUT2D eigenvalue weighted by Gasteiger charge is 2.05. The smallest absolute Gasteiger partial charge is 0.236 e. The second-order valence-electron chi connectivity index (χ2n) is 3.38. The van der Waals surface area contributed by atoms with Gasteiger partial charge in [0.2, 0.25) is 5.91 Å². The summed E-state index contributed by atoms with van der Waals surface area (Å²) in [4.78, 5) is 12.3. The van der Waals surface area contributed by atoms with Gasteiger partial charge in [0.1, 0.15) is 0 Å². The summed E-state index contributed by atoms with van der Waals surface area (Å²) in [6, 6.07) is 7.18. The van der Waals surface area contributed by atoms with Gasteiger partial charge in [-0.05, 0) is 31.2 Å². The molecular weight excluding hydrogens is 279 g/mol. The Bertz CT molecular complexity index is 344. The normalized spacial score (nSPS) is 11.5. The summed E-state index contributed by atoms with van der Waals surface area (Å²) in [6.07, 6.45) is 0. The van der Waals surface area contributed by atoms with Crippen molar-refractivity contribution in [2.75, 3.05) is 12.3 Å². The van der Waals surface area contributed by atoms with E-state index in [0.717, 1.165) is 15.7 Å². The molecule has 0 bridgehead atoms. The van der Waals surface area contributed by atoms with Crippen LogP contribution in [0, 0.1) is 0 Å². The zero-order chi connectivity index (χ0) is 12.0. The molecule has 3 nitrogen and oxygen atoms in total. The molecule has 96 valence electrons. The number of amides is 1. The number of carbonyl (C=O) groups excluding carboxylic acids is 1. The molecule has 0 radical (unpaired) electrons. The first kappa shape index (κ1) is 16.6. The van der Waals surface area contributed by atoms with E-state index in [1.54, 1.807) is 18.7 Å². The standard InChI is InChI=1S/C11H15ClN2OS.ClH/c1-8(13)11(15)14-6-7-16-10-4-2-9(12)3-5-10;/h2-5,8H,6-7,13H2,1H3,(H,14,15);1H. The van der Waals surface area contributed by atoms with Crippen molar-refractivity contribution < 1.29 is 4.79 Å². The number of carbonyl (C=O) groups is 1. The SMILES string of the molecule is CC(N)C(=O)NCCSc1ccc(Cl)cc1.Cl. The van der Waals surface area contributed by atoms with Crippen molar-refractivity contribution >= 4 is 41.7 Å². The fourth-order valence-electron chi connectivity index (χ4n) is 1.03. The Morgan fingerprint density at radius 2 is 2.06 bits per heavy atom. The Balaban J connectivity index is 0.00000256. The number of nitrogens with two attached hydrogens (primary N) is 1. The minimum absolute atomic E-state index is 0. The van der Waals surface area contributed by atoms with Gasteiger partial charge in [-0.1, -0.05) is 11.6 Å². The van der Waals surface area contributed by atoms with Crippen LogP contribution in [-0.4, -0.2) is 24.2 Å². The van der Waals surface area contributed by atoms with Crippen molar-refractivity contribution in [3.05, 3.63) is 29.3 Å². The zero-order valence-corrected chi connectivity index (χ0v) is 11.9. The average Bonchev–Trinajstić information content (AvgIpc) is 2.26. The van der Waals surface area contributed by atoms with Gasteiger partial charge in [-0.15, -0.1) is 24.2 Å². The van der Waals surface area contributed by atoms with E-state index in [4.69, 9.17) is 17.3 Å². The van der Waals surface area contributed by atoms with Crippen LogP contribution in [0.2, 0.25) is 5.02 Å². The van der Waals surface area contributed by atoms with Gasteiger partial charge in [-0.3, -0.25) is 4.79 Å². The minimum atomic E-state index is -0.444. The molecule has 1 amide bonds. The first-order valence-electron chi connectivity index (χ1n) is 5.01. The zero-order valence-electron chi connectivity index (χ0n) is 9.48. The molecular formula is C11H16Cl2N2OS. The van der Waals surface area contributed by atoms with E-state index in [1.807, 2.05) is 24.3 Å². The molecule has 17 heavy (non-hydrogen) atoms. The van der Waals surface area contributed by atoms with Crippen molar-refractivity contribution in [1.82, 2.24) is 5.32 Å². The molecule has 1 aromatic rings. The molecule has 1 atom stereocenters. The topological polar surface area (TPSA) is 55.1 Å². The minimum Gasteiger partial charge on any atom is -0.354 e. The van der Waals surface area contributed by atoms with E-state index in [-0.39, 0.29) is 18.3 Å². The Kier molecular flexibility index (Phi) is 8.43. The van der Waals surface area contributed by atoms with Crippen molar-refractivity contribution in [2.45, 2.75) is 17.9 Å². The van der Waals surface area contributed by atoms with Crippen LogP contribution in [-0.2, 0) is 4.79 Å². The van der Waals surface area contributed by atoms with Crippen LogP contribution in [0.1, 0.15) is 6.92 Å². The maximum absolute atomic E-state index is 11.1. The summed E-state index contributed by atoms with van der Waals surface area (Å²) in [5.74, 6) is 0.705. The lowest BCUT2D eigenvalue weighted by atomic mass is 10.3. The molecule has 1 rings (SSSR count). The van der Waals surface area contributed by atoms with Crippen LogP contribution in [0.25, 0.3) is 0 Å². The largest absolute Gasteiger partial charge is 0.354 e. The van der Waals surface area contributed by atoms with Crippen LogP contribution < -0.4 is 11.1 Å². The second-order valence-corrected chi connectivity index (χ2v) is 4.99. The fraction of sp³-hybridized carbons (Fsp3) is 0.364. The van der Waals surface area contributed by atoms with Crippen LogP contribution in [0.5, 0.6) is 0 Å². The average molecular weight is 295 g/mol. The first-order chi connectivity index (χ1) is 7.59. The van der Waals surface area contributed by atoms with Crippen LogP contribution in [0.3, 0.4) is 0 Å². The third kappa shape index (κ3) is 6.78. The Morgan fingerprint density at radius 3 is 2.59 bits per heavy atom. The molecule has 0 heterocycles. The lowest BCUT2D eigenvalue weighted by Gasteiger charge is -2.07. The maximum Gasteiger partial charge on any atom is 0.236 e. The molecule has 0 aliphatic heterocycles. The van der Waals surface area contributed by atoms with Crippen LogP contribution in [0.4, 0.5) is 0 Å². The highest BCUT2D eigenvalue weighted by atomic mass is 35.5. The second kappa shape index (κ2) is 8.64. The van der Waals surface area contributed by atoms with E-state index in [9.17, 15) is 4.79 Å². The van der Waals surface area contributed by atoms with Gasteiger partial charge in [-0.25, -0.2) is 0 Å². The van der Waals surface area contributed by atoms with Crippen molar-refractivity contribution in [2.24, 2.45) is 5.73 Å². The number of rotatable bonds is 5. The van der Waals surface area contributed by atoms with Gasteiger partial charge < -0.3 is 11.1 Å². The lowest BCUT2D eigenvalue weighted by Crippen LogP contribution is -2.39. The van der Waals surface area contributed by atoms with Crippen LogP contribution >= 0.6 is 35.8 Å². The monoisotopic (exact) mass is 294 g/mol. The molecule has 6 heteroatoms. The number of benzene rings is 1. The molecule has 0 saturated carbocycles. The predicted molar refractivity (Wildman–Crippen MR) is 76.1 cm³/mol. The summed E-state index contributed by atoms with van der Waals surface area (Å²) >= 11 is 7.44. The molecule has 0 fully saturated rings. The number of thioether (sulfide) groups is 1. The van der Waals surface area contributed by atoms with Gasteiger partial charge in [0.05, 0.1) is 6.04 Å². The maximum atomic E-state index is 11.1. The fourth-order valence-corrected chi connectivity index (χ4v) is 1.93. The molecule has 0 aliphatic carbocycles. The molecule has 1 aromatic carbocycles. The summed E-state index contributed by atoms with van der Waals surface area (Å²) in [7, 11) is 0. The van der Waals surface area contributed by atoms with Crippen molar-refractivity contribution in [3.63, 3.8) is 0 Å². The van der Waals surface area contributed by atoms with Gasteiger partial charge in [0.15, 0.2) is 0 Å². The van der Waals surface area contributed by atoms with E-state index >= 15 is 0 Å². The summed E-state index contributed by atoms with van der Waals surface area (Å²) in [5, 5.41) is 3.48. The van der Waals surface area contributed by atoms with Crippen molar-refractivity contribution in [1.29, 1.82) is 0 Å². The van der Waals surface area contributed by atoms with E-state index < -0.39 is 6.04 Å². The third-order valence-corrected chi connectivity index (χ3v) is 3.16. The highest BCUT2D eigenvalue weighted by Crippen LogP contribution is 2.19.